The standard InChI is InChI=1S/C10H9BrN4O3/c1-14-9(12)4-7(13-14)5-2-6(11)10(16)8(3-5)15(17)18/h2-4,16H,12H2,1H3. The van der Waals surface area contributed by atoms with Gasteiger partial charge in [-0.2, -0.15) is 5.10 Å². The second kappa shape index (κ2) is 4.30. The van der Waals surface area contributed by atoms with Crippen LogP contribution in [-0.2, 0) is 7.05 Å². The molecule has 18 heavy (non-hydrogen) atoms. The smallest absolute Gasteiger partial charge is 0.312 e. The molecule has 0 amide bonds. The number of nitrogen functional groups attached to an aromatic ring is 1. The van der Waals surface area contributed by atoms with Crippen LogP contribution < -0.4 is 5.73 Å². The fraction of sp³-hybridized carbons (Fsp3) is 0.100. The first-order valence-electron chi connectivity index (χ1n) is 4.87. The summed E-state index contributed by atoms with van der Waals surface area (Å²) in [6.45, 7) is 0. The molecule has 8 heteroatoms. The number of anilines is 1. The molecule has 0 aliphatic heterocycles. The van der Waals surface area contributed by atoms with Gasteiger partial charge in [-0.05, 0) is 22.0 Å². The lowest BCUT2D eigenvalue weighted by atomic mass is 10.1. The van der Waals surface area contributed by atoms with Gasteiger partial charge in [0, 0.05) is 24.7 Å². The quantitative estimate of drug-likeness (QED) is 0.651. The molecule has 0 radical (unpaired) electrons. The van der Waals surface area contributed by atoms with Gasteiger partial charge >= 0.3 is 5.69 Å². The third-order valence-electron chi connectivity index (χ3n) is 2.45. The van der Waals surface area contributed by atoms with E-state index < -0.39 is 10.7 Å². The van der Waals surface area contributed by atoms with Crippen LogP contribution in [0.4, 0.5) is 11.5 Å². The minimum atomic E-state index is -0.657. The fourth-order valence-corrected chi connectivity index (χ4v) is 1.94. The first-order chi connectivity index (χ1) is 8.40. The van der Waals surface area contributed by atoms with Crippen LogP contribution in [0.25, 0.3) is 11.3 Å². The minimum absolute atomic E-state index is 0.232. The van der Waals surface area contributed by atoms with Crippen molar-refractivity contribution in [3.63, 3.8) is 0 Å². The van der Waals surface area contributed by atoms with Crippen molar-refractivity contribution in [2.45, 2.75) is 0 Å². The van der Waals surface area contributed by atoms with Crippen LogP contribution in [0.2, 0.25) is 0 Å². The highest BCUT2D eigenvalue weighted by Crippen LogP contribution is 2.38. The molecule has 1 aromatic carbocycles. The number of phenolic OH excluding ortho intramolecular Hbond substituents is 1. The number of nitro benzene ring substituents is 1. The molecule has 3 N–H and O–H groups in total. The Morgan fingerprint density at radius 2 is 2.17 bits per heavy atom. The third kappa shape index (κ3) is 2.02. The fourth-order valence-electron chi connectivity index (χ4n) is 1.49. The van der Waals surface area contributed by atoms with Crippen molar-refractivity contribution in [3.8, 4) is 17.0 Å². The second-order valence-corrected chi connectivity index (χ2v) is 4.52. The van der Waals surface area contributed by atoms with Crippen molar-refractivity contribution >= 4 is 27.4 Å². The maximum Gasteiger partial charge on any atom is 0.312 e. The summed E-state index contributed by atoms with van der Waals surface area (Å²) >= 11 is 3.07. The van der Waals surface area contributed by atoms with Gasteiger partial charge < -0.3 is 10.8 Å². The maximum atomic E-state index is 10.8. The highest BCUT2D eigenvalue weighted by molar-refractivity contribution is 9.10. The van der Waals surface area contributed by atoms with E-state index >= 15 is 0 Å². The van der Waals surface area contributed by atoms with E-state index in [1.54, 1.807) is 19.2 Å². The molecular formula is C10H9BrN4O3. The van der Waals surface area contributed by atoms with E-state index in [0.717, 1.165) is 0 Å². The number of benzene rings is 1. The van der Waals surface area contributed by atoms with Crippen LogP contribution in [0, 0.1) is 10.1 Å². The van der Waals surface area contributed by atoms with Crippen LogP contribution in [0.1, 0.15) is 0 Å². The molecule has 0 saturated heterocycles. The van der Waals surface area contributed by atoms with Crippen molar-refractivity contribution in [2.24, 2.45) is 7.05 Å². The van der Waals surface area contributed by atoms with Crippen LogP contribution in [-0.4, -0.2) is 19.8 Å². The van der Waals surface area contributed by atoms with Gasteiger partial charge in [0.1, 0.15) is 5.82 Å². The van der Waals surface area contributed by atoms with E-state index in [1.807, 2.05) is 0 Å². The lowest BCUT2D eigenvalue weighted by Crippen LogP contribution is -1.96. The number of nitrogens with zero attached hydrogens (tertiary/aromatic N) is 3. The van der Waals surface area contributed by atoms with Crippen LogP contribution in [0.15, 0.2) is 22.7 Å². The van der Waals surface area contributed by atoms with Gasteiger partial charge in [0.05, 0.1) is 15.1 Å². The van der Waals surface area contributed by atoms with Gasteiger partial charge in [0.2, 0.25) is 5.75 Å². The maximum absolute atomic E-state index is 10.8. The third-order valence-corrected chi connectivity index (χ3v) is 3.06. The SMILES string of the molecule is Cn1nc(-c2cc(Br)c(O)c([N+](=O)[O-])c2)cc1N. The van der Waals surface area contributed by atoms with E-state index in [2.05, 4.69) is 21.0 Å². The summed E-state index contributed by atoms with van der Waals surface area (Å²) in [6.07, 6.45) is 0. The molecule has 2 aromatic rings. The van der Waals surface area contributed by atoms with Gasteiger partial charge in [0.15, 0.2) is 0 Å². The number of hydrogen-bond acceptors (Lipinski definition) is 5. The molecule has 0 bridgehead atoms. The highest BCUT2D eigenvalue weighted by atomic mass is 79.9. The molecule has 2 rings (SSSR count). The van der Waals surface area contributed by atoms with E-state index in [1.165, 1.54) is 10.7 Å². The first-order valence-corrected chi connectivity index (χ1v) is 5.66. The monoisotopic (exact) mass is 312 g/mol. The molecular weight excluding hydrogens is 304 g/mol. The van der Waals surface area contributed by atoms with Crippen molar-refractivity contribution < 1.29 is 10.0 Å². The molecule has 7 nitrogen and oxygen atoms in total. The zero-order valence-corrected chi connectivity index (χ0v) is 10.9. The van der Waals surface area contributed by atoms with E-state index in [0.29, 0.717) is 17.1 Å². The van der Waals surface area contributed by atoms with E-state index in [-0.39, 0.29) is 10.2 Å². The molecule has 0 atom stereocenters. The Morgan fingerprint density at radius 3 is 2.67 bits per heavy atom. The van der Waals surface area contributed by atoms with Crippen LogP contribution >= 0.6 is 15.9 Å². The van der Waals surface area contributed by atoms with Gasteiger partial charge in [0.25, 0.3) is 0 Å². The molecule has 0 saturated carbocycles. The Kier molecular flexibility index (Phi) is 2.95. The van der Waals surface area contributed by atoms with Crippen LogP contribution in [0.3, 0.4) is 0 Å². The normalized spacial score (nSPS) is 10.6. The first kappa shape index (κ1) is 12.4. The summed E-state index contributed by atoms with van der Waals surface area (Å²) in [6, 6.07) is 4.40. The zero-order valence-electron chi connectivity index (χ0n) is 9.29. The number of nitro groups is 1. The van der Waals surface area contributed by atoms with E-state index in [9.17, 15) is 15.2 Å². The summed E-state index contributed by atoms with van der Waals surface area (Å²) < 4.78 is 1.69. The summed E-state index contributed by atoms with van der Waals surface area (Å²) in [4.78, 5) is 10.1. The molecule has 0 spiro atoms. The van der Waals surface area contributed by atoms with Crippen molar-refractivity contribution in [1.82, 2.24) is 9.78 Å². The second-order valence-electron chi connectivity index (χ2n) is 3.66. The summed E-state index contributed by atoms with van der Waals surface area (Å²) in [5, 5.41) is 24.5. The predicted octanol–water partition coefficient (Wildman–Crippen LogP) is 2.05. The van der Waals surface area contributed by atoms with Gasteiger partial charge in [-0.1, -0.05) is 0 Å². The summed E-state index contributed by atoms with van der Waals surface area (Å²) in [5.41, 5.74) is 6.26. The molecule has 0 aliphatic rings. The Labute approximate surface area is 110 Å². The van der Waals surface area contributed by atoms with Gasteiger partial charge in [-0.25, -0.2) is 0 Å². The van der Waals surface area contributed by atoms with E-state index in [4.69, 9.17) is 5.73 Å². The Morgan fingerprint density at radius 1 is 1.50 bits per heavy atom. The minimum Gasteiger partial charge on any atom is -0.501 e. The molecule has 0 aliphatic carbocycles. The number of hydrogen-bond donors (Lipinski definition) is 2. The molecule has 0 unspecified atom stereocenters. The van der Waals surface area contributed by atoms with Gasteiger partial charge in [-0.15, -0.1) is 0 Å². The number of nitrogens with two attached hydrogens (primary N) is 1. The Hall–Kier alpha value is -2.09. The summed E-state index contributed by atoms with van der Waals surface area (Å²) in [7, 11) is 1.67. The Bertz CT molecular complexity index is 619. The lowest BCUT2D eigenvalue weighted by Gasteiger charge is -2.02. The highest BCUT2D eigenvalue weighted by Gasteiger charge is 2.19. The average Bonchev–Trinajstić information content (AvgIpc) is 2.62. The van der Waals surface area contributed by atoms with Gasteiger partial charge in [-0.3, -0.25) is 14.8 Å². The van der Waals surface area contributed by atoms with Crippen molar-refractivity contribution in [3.05, 3.63) is 32.8 Å². The average molecular weight is 313 g/mol. The molecule has 0 fully saturated rings. The van der Waals surface area contributed by atoms with Crippen LogP contribution in [0.5, 0.6) is 5.75 Å². The Balaban J connectivity index is 2.62. The molecule has 1 heterocycles. The number of aromatic hydroxyl groups is 1. The predicted molar refractivity (Wildman–Crippen MR) is 69.1 cm³/mol. The number of aryl methyl sites for hydroxylation is 1. The lowest BCUT2D eigenvalue weighted by molar-refractivity contribution is -0.385. The number of rotatable bonds is 2. The summed E-state index contributed by atoms with van der Waals surface area (Å²) in [5.74, 6) is 0.0319. The number of aromatic nitrogens is 2. The zero-order chi connectivity index (χ0) is 13.4. The molecule has 1 aromatic heterocycles. The number of phenols is 1. The van der Waals surface area contributed by atoms with Crippen molar-refractivity contribution in [2.75, 3.05) is 5.73 Å². The topological polar surface area (TPSA) is 107 Å². The largest absolute Gasteiger partial charge is 0.501 e. The van der Waals surface area contributed by atoms with Crippen molar-refractivity contribution in [1.29, 1.82) is 0 Å². The molecule has 94 valence electrons. The number of halogens is 1.